The van der Waals surface area contributed by atoms with Crippen molar-refractivity contribution in [2.45, 2.75) is 39.0 Å². The van der Waals surface area contributed by atoms with Crippen LogP contribution in [0.2, 0.25) is 0 Å². The second-order valence-corrected chi connectivity index (χ2v) is 6.32. The lowest BCUT2D eigenvalue weighted by molar-refractivity contribution is -0.276. The fourth-order valence-electron chi connectivity index (χ4n) is 2.69. The third kappa shape index (κ3) is 5.93. The molecular formula is C20H15F9O. The predicted molar refractivity (Wildman–Crippen MR) is 90.9 cm³/mol. The van der Waals surface area contributed by atoms with Crippen molar-refractivity contribution in [1.82, 2.24) is 0 Å². The summed E-state index contributed by atoms with van der Waals surface area (Å²) in [6, 6.07) is 2.25. The SMILES string of the molecule is CCC/C(F)=C(\F)c1cc(F)c(CCc2cc(F)c(OC(F)(F)F)c(F)c2)c(F)c1. The number of ether oxygens (including phenoxy) is 1. The van der Waals surface area contributed by atoms with Gasteiger partial charge in [-0.05, 0) is 49.1 Å². The minimum atomic E-state index is -5.31. The van der Waals surface area contributed by atoms with Gasteiger partial charge in [0.15, 0.2) is 17.5 Å². The van der Waals surface area contributed by atoms with E-state index in [0.29, 0.717) is 24.3 Å². The summed E-state index contributed by atoms with van der Waals surface area (Å²) < 4.78 is 123. The number of alkyl halides is 3. The lowest BCUT2D eigenvalue weighted by Gasteiger charge is -2.12. The number of benzene rings is 2. The summed E-state index contributed by atoms with van der Waals surface area (Å²) in [4.78, 5) is 0. The van der Waals surface area contributed by atoms with Crippen LogP contribution in [0.25, 0.3) is 5.83 Å². The second-order valence-electron chi connectivity index (χ2n) is 6.32. The van der Waals surface area contributed by atoms with E-state index in [0.717, 1.165) is 0 Å². The van der Waals surface area contributed by atoms with Gasteiger partial charge in [0.25, 0.3) is 0 Å². The molecule has 0 saturated carbocycles. The summed E-state index contributed by atoms with van der Waals surface area (Å²) in [5, 5.41) is 0. The van der Waals surface area contributed by atoms with Gasteiger partial charge in [-0.15, -0.1) is 13.2 Å². The third-order valence-corrected chi connectivity index (χ3v) is 4.04. The van der Waals surface area contributed by atoms with Gasteiger partial charge in [0, 0.05) is 17.5 Å². The molecule has 0 amide bonds. The molecule has 0 aromatic heterocycles. The van der Waals surface area contributed by atoms with Crippen molar-refractivity contribution in [2.75, 3.05) is 0 Å². The molecule has 0 spiro atoms. The largest absolute Gasteiger partial charge is 0.573 e. The van der Waals surface area contributed by atoms with Crippen molar-refractivity contribution in [1.29, 1.82) is 0 Å². The van der Waals surface area contributed by atoms with Gasteiger partial charge in [0.2, 0.25) is 5.75 Å². The Balaban J connectivity index is 2.23. The van der Waals surface area contributed by atoms with Crippen molar-refractivity contribution >= 4 is 5.83 Å². The third-order valence-electron chi connectivity index (χ3n) is 4.04. The zero-order valence-corrected chi connectivity index (χ0v) is 15.4. The van der Waals surface area contributed by atoms with Gasteiger partial charge in [-0.1, -0.05) is 6.92 Å². The lowest BCUT2D eigenvalue weighted by Crippen LogP contribution is -2.19. The van der Waals surface area contributed by atoms with Gasteiger partial charge in [0.1, 0.15) is 17.5 Å². The maximum absolute atomic E-state index is 14.2. The molecule has 0 aliphatic rings. The highest BCUT2D eigenvalue weighted by atomic mass is 19.4. The molecule has 2 rings (SSSR count). The molecule has 0 aliphatic heterocycles. The van der Waals surface area contributed by atoms with Crippen LogP contribution in [0.1, 0.15) is 36.5 Å². The first kappa shape index (κ1) is 23.6. The zero-order chi connectivity index (χ0) is 22.6. The number of allylic oxidation sites excluding steroid dienone is 1. The smallest absolute Gasteiger partial charge is 0.399 e. The van der Waals surface area contributed by atoms with E-state index in [4.69, 9.17) is 0 Å². The molecule has 1 nitrogen and oxygen atoms in total. The zero-order valence-electron chi connectivity index (χ0n) is 15.4. The summed E-state index contributed by atoms with van der Waals surface area (Å²) in [5.74, 6) is -9.90. The molecule has 0 bridgehead atoms. The highest BCUT2D eigenvalue weighted by Crippen LogP contribution is 2.31. The summed E-state index contributed by atoms with van der Waals surface area (Å²) in [6.07, 6.45) is -6.07. The van der Waals surface area contributed by atoms with Crippen molar-refractivity contribution in [3.05, 3.63) is 70.1 Å². The molecule has 0 saturated heterocycles. The topological polar surface area (TPSA) is 9.23 Å². The molecule has 10 heteroatoms. The molecule has 30 heavy (non-hydrogen) atoms. The van der Waals surface area contributed by atoms with Crippen LogP contribution in [0.3, 0.4) is 0 Å². The van der Waals surface area contributed by atoms with E-state index in [2.05, 4.69) is 4.74 Å². The van der Waals surface area contributed by atoms with Crippen LogP contribution in [0.5, 0.6) is 5.75 Å². The molecule has 0 unspecified atom stereocenters. The van der Waals surface area contributed by atoms with Gasteiger partial charge >= 0.3 is 6.36 Å². The number of hydrogen-bond donors (Lipinski definition) is 0. The first-order chi connectivity index (χ1) is 13.9. The van der Waals surface area contributed by atoms with Crippen LogP contribution in [0, 0.1) is 23.3 Å². The molecule has 0 fully saturated rings. The Morgan fingerprint density at radius 1 is 0.833 bits per heavy atom. The van der Waals surface area contributed by atoms with Crippen LogP contribution < -0.4 is 4.74 Å². The highest BCUT2D eigenvalue weighted by molar-refractivity contribution is 5.61. The van der Waals surface area contributed by atoms with E-state index in [1.54, 1.807) is 6.92 Å². The van der Waals surface area contributed by atoms with E-state index in [1.165, 1.54) is 0 Å². The fraction of sp³-hybridized carbons (Fsp3) is 0.300. The highest BCUT2D eigenvalue weighted by Gasteiger charge is 2.34. The maximum Gasteiger partial charge on any atom is 0.573 e. The Morgan fingerprint density at radius 2 is 1.37 bits per heavy atom. The van der Waals surface area contributed by atoms with Gasteiger partial charge < -0.3 is 4.74 Å². The first-order valence-electron chi connectivity index (χ1n) is 8.69. The van der Waals surface area contributed by atoms with Crippen LogP contribution in [-0.2, 0) is 12.8 Å². The summed E-state index contributed by atoms with van der Waals surface area (Å²) in [6.45, 7) is 1.59. The molecule has 0 aliphatic carbocycles. The average molecular weight is 442 g/mol. The monoisotopic (exact) mass is 442 g/mol. The van der Waals surface area contributed by atoms with Crippen LogP contribution >= 0.6 is 0 Å². The molecule has 2 aromatic carbocycles. The number of halogens is 9. The maximum atomic E-state index is 14.2. The minimum Gasteiger partial charge on any atom is -0.399 e. The minimum absolute atomic E-state index is 0.192. The first-order valence-corrected chi connectivity index (χ1v) is 8.69. The van der Waals surface area contributed by atoms with Gasteiger partial charge in [-0.3, -0.25) is 0 Å². The number of hydrogen-bond acceptors (Lipinski definition) is 1. The van der Waals surface area contributed by atoms with E-state index in [9.17, 15) is 39.5 Å². The van der Waals surface area contributed by atoms with E-state index >= 15 is 0 Å². The molecule has 164 valence electrons. The van der Waals surface area contributed by atoms with Gasteiger partial charge in [0.05, 0.1) is 0 Å². The molecule has 0 radical (unpaired) electrons. The molecule has 0 N–H and O–H groups in total. The quantitative estimate of drug-likeness (QED) is 0.408. The van der Waals surface area contributed by atoms with Crippen molar-refractivity contribution in [3.8, 4) is 5.75 Å². The fourth-order valence-corrected chi connectivity index (χ4v) is 2.69. The number of rotatable bonds is 7. The molecule has 0 heterocycles. The van der Waals surface area contributed by atoms with E-state index in [1.807, 2.05) is 0 Å². The number of aryl methyl sites for hydroxylation is 1. The predicted octanol–water partition coefficient (Wildman–Crippen LogP) is 7.33. The average Bonchev–Trinajstić information content (AvgIpc) is 2.62. The van der Waals surface area contributed by atoms with E-state index in [-0.39, 0.29) is 24.8 Å². The van der Waals surface area contributed by atoms with Crippen LogP contribution in [-0.4, -0.2) is 6.36 Å². The molecule has 2 aromatic rings. The van der Waals surface area contributed by atoms with E-state index < -0.39 is 64.6 Å². The Labute approximate surface area is 165 Å². The Morgan fingerprint density at radius 3 is 1.83 bits per heavy atom. The Bertz CT molecular complexity index is 902. The van der Waals surface area contributed by atoms with Crippen molar-refractivity contribution < 1.29 is 44.3 Å². The second kappa shape index (κ2) is 9.44. The van der Waals surface area contributed by atoms with Crippen molar-refractivity contribution in [3.63, 3.8) is 0 Å². The van der Waals surface area contributed by atoms with Crippen molar-refractivity contribution in [2.24, 2.45) is 0 Å². The Kier molecular flexibility index (Phi) is 7.44. The lowest BCUT2D eigenvalue weighted by atomic mass is 10.0. The normalized spacial score (nSPS) is 12.7. The van der Waals surface area contributed by atoms with Crippen LogP contribution in [0.4, 0.5) is 39.5 Å². The Hall–Kier alpha value is -2.65. The van der Waals surface area contributed by atoms with Gasteiger partial charge in [-0.25, -0.2) is 26.3 Å². The van der Waals surface area contributed by atoms with Crippen LogP contribution in [0.15, 0.2) is 30.1 Å². The standard InChI is InChI=1S/C20H15F9O/c1-2-3-13(21)18(26)11-8-14(22)12(15(23)9-11)5-4-10-6-16(24)19(17(25)7-10)30-20(27,28)29/h6-9H,2-5H2,1H3/b18-13+. The summed E-state index contributed by atoms with van der Waals surface area (Å²) in [5.41, 5.74) is -1.38. The van der Waals surface area contributed by atoms with Gasteiger partial charge in [-0.2, -0.15) is 0 Å². The molecular weight excluding hydrogens is 427 g/mol. The summed E-state index contributed by atoms with van der Waals surface area (Å²) >= 11 is 0. The molecule has 0 atom stereocenters. The summed E-state index contributed by atoms with van der Waals surface area (Å²) in [7, 11) is 0.